The van der Waals surface area contributed by atoms with E-state index in [1.54, 1.807) is 31.2 Å². The largest absolute Gasteiger partial charge is 0.507 e. The zero-order valence-corrected chi connectivity index (χ0v) is 27.6. The number of benzene rings is 3. The Morgan fingerprint density at radius 2 is 1.84 bits per heavy atom. The van der Waals surface area contributed by atoms with Gasteiger partial charge in [-0.1, -0.05) is 42.8 Å². The molecular formula is C36H33ClN2O10. The van der Waals surface area contributed by atoms with Crippen LogP contribution in [0.15, 0.2) is 59.9 Å². The first kappa shape index (κ1) is 32.3. The minimum Gasteiger partial charge on any atom is -0.507 e. The fourth-order valence-electron chi connectivity index (χ4n) is 7.14. The van der Waals surface area contributed by atoms with E-state index in [2.05, 4.69) is 10.6 Å². The molecule has 3 aromatic carbocycles. The van der Waals surface area contributed by atoms with Crippen molar-refractivity contribution in [3.8, 4) is 28.7 Å². The van der Waals surface area contributed by atoms with Crippen LogP contribution in [0.3, 0.4) is 0 Å². The van der Waals surface area contributed by atoms with Crippen molar-refractivity contribution in [1.82, 2.24) is 5.32 Å². The van der Waals surface area contributed by atoms with Gasteiger partial charge in [-0.05, 0) is 42.2 Å². The van der Waals surface area contributed by atoms with Gasteiger partial charge < -0.3 is 39.4 Å². The molecule has 0 aromatic heterocycles. The Hall–Kier alpha value is -5.23. The number of ketones is 2. The molecule has 13 heteroatoms. The van der Waals surface area contributed by atoms with E-state index in [0.29, 0.717) is 35.6 Å². The summed E-state index contributed by atoms with van der Waals surface area (Å²) in [6.45, 7) is 1.61. The van der Waals surface area contributed by atoms with Crippen LogP contribution in [0.4, 0.5) is 5.69 Å². The van der Waals surface area contributed by atoms with Gasteiger partial charge in [0.2, 0.25) is 30.0 Å². The third-order valence-electron chi connectivity index (χ3n) is 9.68. The highest BCUT2D eigenvalue weighted by Gasteiger charge is 2.61. The lowest BCUT2D eigenvalue weighted by atomic mass is 9.69. The Morgan fingerprint density at radius 1 is 1.08 bits per heavy atom. The monoisotopic (exact) mass is 688 g/mol. The molecule has 1 spiro atoms. The highest BCUT2D eigenvalue weighted by atomic mass is 35.5. The minimum atomic E-state index is -2.05. The van der Waals surface area contributed by atoms with Gasteiger partial charge in [0, 0.05) is 42.0 Å². The van der Waals surface area contributed by atoms with Crippen LogP contribution < -0.4 is 34.3 Å². The number of Topliss-reactive ketones (excluding diaryl/α,β-unsaturated/α-hetero) is 2. The zero-order chi connectivity index (χ0) is 34.6. The van der Waals surface area contributed by atoms with E-state index in [0.717, 1.165) is 5.56 Å². The molecule has 3 N–H and O–H groups in total. The van der Waals surface area contributed by atoms with Gasteiger partial charge in [0.15, 0.2) is 28.8 Å². The van der Waals surface area contributed by atoms with Crippen LogP contribution in [0.1, 0.15) is 53.6 Å². The lowest BCUT2D eigenvalue weighted by molar-refractivity contribution is -0.127. The van der Waals surface area contributed by atoms with E-state index in [1.165, 1.54) is 20.3 Å². The number of para-hydroxylation sites is 1. The van der Waals surface area contributed by atoms with Crippen LogP contribution >= 0.6 is 11.6 Å². The number of hydrogen-bond donors (Lipinski definition) is 3. The van der Waals surface area contributed by atoms with E-state index >= 15 is 0 Å². The maximum absolute atomic E-state index is 14.4. The fraction of sp³-hybridized carbons (Fsp3) is 0.333. The Labute approximate surface area is 286 Å². The van der Waals surface area contributed by atoms with Crippen LogP contribution in [0.25, 0.3) is 0 Å². The first-order valence-corrected chi connectivity index (χ1v) is 16.2. The molecule has 4 aliphatic rings. The number of rotatable bonds is 7. The number of aliphatic hydroxyl groups is 1. The standard InChI is InChI=1S/C36H33ClN2O10/c1-17-12-23(40)29(33(42)36(17)34(43)30-26(45-2)15-27(46-3)31(37)32(30)49-36)20(19-9-11-24-25(13-19)48-16-47-24)14-28(41)38-22-10-8-18-6-4-5-7-21(18)39-35(22)44/h4-7,9,11,13,15,17,20,22,42H,8,10,12,14,16H2,1-3H3,(H,38,41)(H,39,44). The molecule has 0 radical (unpaired) electrons. The SMILES string of the molecule is COc1cc(OC)c2c(c1Cl)OC1(C2=O)C(O)=C(C(CC(=O)NC2CCc3ccccc3NC2=O)c2ccc3c(c2)OCO3)C(=O)CC1C. The molecule has 0 saturated carbocycles. The van der Waals surface area contributed by atoms with Crippen molar-refractivity contribution in [3.63, 3.8) is 0 Å². The molecule has 0 fully saturated rings. The molecule has 4 unspecified atom stereocenters. The summed E-state index contributed by atoms with van der Waals surface area (Å²) in [7, 11) is 2.77. The van der Waals surface area contributed by atoms with Crippen molar-refractivity contribution in [1.29, 1.82) is 0 Å². The number of halogens is 1. The first-order valence-electron chi connectivity index (χ1n) is 15.8. The Morgan fingerprint density at radius 3 is 2.61 bits per heavy atom. The first-order chi connectivity index (χ1) is 23.6. The predicted octanol–water partition coefficient (Wildman–Crippen LogP) is 5.06. The van der Waals surface area contributed by atoms with Crippen LogP contribution in [0.2, 0.25) is 5.02 Å². The molecular weight excluding hydrogens is 656 g/mol. The van der Waals surface area contributed by atoms with Crippen molar-refractivity contribution in [3.05, 3.63) is 81.6 Å². The number of amides is 2. The lowest BCUT2D eigenvalue weighted by Gasteiger charge is -2.38. The summed E-state index contributed by atoms with van der Waals surface area (Å²) in [6.07, 6.45) is 0.351. The molecule has 49 heavy (non-hydrogen) atoms. The zero-order valence-electron chi connectivity index (χ0n) is 26.9. The maximum Gasteiger partial charge on any atom is 0.246 e. The summed E-state index contributed by atoms with van der Waals surface area (Å²) in [5, 5.41) is 17.9. The number of ether oxygens (including phenoxy) is 5. The average Bonchev–Trinajstić information content (AvgIpc) is 3.64. The number of hydrogen-bond acceptors (Lipinski definition) is 10. The van der Waals surface area contributed by atoms with Crippen molar-refractivity contribution in [2.75, 3.05) is 26.3 Å². The number of carbonyl (C=O) groups excluding carboxylic acids is 4. The van der Waals surface area contributed by atoms with Crippen LogP contribution in [-0.4, -0.2) is 61.1 Å². The third-order valence-corrected chi connectivity index (χ3v) is 10.0. The Bertz CT molecular complexity index is 1960. The van der Waals surface area contributed by atoms with Gasteiger partial charge in [0.05, 0.1) is 14.2 Å². The van der Waals surface area contributed by atoms with E-state index in [-0.39, 0.29) is 58.9 Å². The lowest BCUT2D eigenvalue weighted by Crippen LogP contribution is -2.53. The fourth-order valence-corrected chi connectivity index (χ4v) is 7.41. The summed E-state index contributed by atoms with van der Waals surface area (Å²) in [6, 6.07) is 13.0. The molecule has 3 aliphatic heterocycles. The highest BCUT2D eigenvalue weighted by molar-refractivity contribution is 6.35. The molecule has 0 bridgehead atoms. The quantitative estimate of drug-likeness (QED) is 0.306. The molecule has 254 valence electrons. The van der Waals surface area contributed by atoms with Gasteiger partial charge in [0.25, 0.3) is 0 Å². The second-order valence-corrected chi connectivity index (χ2v) is 12.8. The molecule has 3 aromatic rings. The number of methoxy groups -OCH3 is 2. The molecule has 7 rings (SSSR count). The number of carbonyl (C=O) groups is 4. The van der Waals surface area contributed by atoms with Gasteiger partial charge in [-0.25, -0.2) is 0 Å². The summed E-state index contributed by atoms with van der Waals surface area (Å²) < 4.78 is 28.2. The summed E-state index contributed by atoms with van der Waals surface area (Å²) in [4.78, 5) is 55.3. The number of aliphatic hydroxyl groups excluding tert-OH is 1. The van der Waals surface area contributed by atoms with Crippen molar-refractivity contribution < 1.29 is 48.0 Å². The molecule has 2 amide bonds. The predicted molar refractivity (Wildman–Crippen MR) is 176 cm³/mol. The average molecular weight is 689 g/mol. The normalized spacial score (nSPS) is 22.9. The van der Waals surface area contributed by atoms with Gasteiger partial charge in [-0.2, -0.15) is 0 Å². The maximum atomic E-state index is 14.4. The molecule has 12 nitrogen and oxygen atoms in total. The Balaban J connectivity index is 1.29. The number of anilines is 1. The third kappa shape index (κ3) is 5.21. The van der Waals surface area contributed by atoms with E-state index in [4.69, 9.17) is 35.3 Å². The second-order valence-electron chi connectivity index (χ2n) is 12.4. The van der Waals surface area contributed by atoms with Crippen molar-refractivity contribution in [2.24, 2.45) is 5.92 Å². The molecule has 1 aliphatic carbocycles. The Kier molecular flexibility index (Phi) is 8.14. The highest BCUT2D eigenvalue weighted by Crippen LogP contribution is 2.56. The summed E-state index contributed by atoms with van der Waals surface area (Å²) in [5.74, 6) is -3.48. The summed E-state index contributed by atoms with van der Waals surface area (Å²) in [5.41, 5.74) is -0.151. The summed E-state index contributed by atoms with van der Waals surface area (Å²) >= 11 is 6.60. The second kappa shape index (κ2) is 12.3. The van der Waals surface area contributed by atoms with Gasteiger partial charge in [0.1, 0.15) is 28.1 Å². The van der Waals surface area contributed by atoms with Crippen LogP contribution in [0.5, 0.6) is 28.7 Å². The minimum absolute atomic E-state index is 0.00172. The van der Waals surface area contributed by atoms with Crippen molar-refractivity contribution >= 4 is 40.7 Å². The molecule has 0 saturated heterocycles. The van der Waals surface area contributed by atoms with Crippen LogP contribution in [-0.2, 0) is 20.8 Å². The number of aryl methyl sites for hydroxylation is 1. The van der Waals surface area contributed by atoms with Gasteiger partial charge in [-0.15, -0.1) is 0 Å². The van der Waals surface area contributed by atoms with Gasteiger partial charge in [-0.3, -0.25) is 19.2 Å². The topological polar surface area (TPSA) is 159 Å². The van der Waals surface area contributed by atoms with Gasteiger partial charge >= 0.3 is 0 Å². The van der Waals surface area contributed by atoms with Crippen LogP contribution in [0, 0.1) is 5.92 Å². The number of nitrogens with one attached hydrogen (secondary N) is 2. The number of fused-ring (bicyclic) bond motifs is 3. The molecule has 3 heterocycles. The van der Waals surface area contributed by atoms with E-state index in [9.17, 15) is 24.3 Å². The smallest absolute Gasteiger partial charge is 0.246 e. The molecule has 4 atom stereocenters. The van der Waals surface area contributed by atoms with E-state index < -0.39 is 46.7 Å². The van der Waals surface area contributed by atoms with Crippen molar-refractivity contribution in [2.45, 2.75) is 50.2 Å². The number of allylic oxidation sites excluding steroid dienone is 1. The van der Waals surface area contributed by atoms with E-state index in [1.807, 2.05) is 18.2 Å².